The number of benzene rings is 2. The molecule has 104 valence electrons. The minimum Gasteiger partial charge on any atom is -0.493 e. The van der Waals surface area contributed by atoms with Crippen LogP contribution in [0.1, 0.15) is 21.5 Å². The molecule has 0 aliphatic carbocycles. The number of halogens is 1. The van der Waals surface area contributed by atoms with E-state index in [1.54, 1.807) is 37.3 Å². The first-order valence-electron chi connectivity index (χ1n) is 6.10. The molecule has 3 nitrogen and oxygen atoms in total. The topological polar surface area (TPSA) is 35.5 Å². The second-order valence-corrected chi connectivity index (χ2v) is 4.34. The molecule has 2 rings (SSSR count). The summed E-state index contributed by atoms with van der Waals surface area (Å²) in [6.07, 6.45) is 0. The van der Waals surface area contributed by atoms with E-state index in [9.17, 15) is 9.18 Å². The average molecular weight is 274 g/mol. The number of ether oxygens (including phenoxy) is 2. The van der Waals surface area contributed by atoms with E-state index in [-0.39, 0.29) is 11.3 Å². The van der Waals surface area contributed by atoms with Crippen molar-refractivity contribution in [2.24, 2.45) is 0 Å². The van der Waals surface area contributed by atoms with Crippen molar-refractivity contribution in [2.45, 2.75) is 6.92 Å². The Morgan fingerprint density at radius 2 is 1.75 bits per heavy atom. The van der Waals surface area contributed by atoms with E-state index in [2.05, 4.69) is 0 Å². The van der Waals surface area contributed by atoms with Gasteiger partial charge in [0.1, 0.15) is 5.82 Å². The zero-order valence-corrected chi connectivity index (χ0v) is 11.6. The van der Waals surface area contributed by atoms with Crippen LogP contribution >= 0.6 is 0 Å². The number of carbonyl (C=O) groups excluding carboxylic acids is 1. The van der Waals surface area contributed by atoms with E-state index in [1.165, 1.54) is 20.3 Å². The highest BCUT2D eigenvalue weighted by molar-refractivity contribution is 6.09. The molecule has 0 saturated carbocycles. The SMILES string of the molecule is COc1ccc(C(=O)c2cccc(C)c2F)cc1OC. The predicted molar refractivity (Wildman–Crippen MR) is 74.1 cm³/mol. The largest absolute Gasteiger partial charge is 0.493 e. The van der Waals surface area contributed by atoms with Gasteiger partial charge in [0.25, 0.3) is 0 Å². The number of methoxy groups -OCH3 is 2. The molecular weight excluding hydrogens is 259 g/mol. The fourth-order valence-corrected chi connectivity index (χ4v) is 1.96. The van der Waals surface area contributed by atoms with Crippen LogP contribution in [0.3, 0.4) is 0 Å². The van der Waals surface area contributed by atoms with E-state index >= 15 is 0 Å². The highest BCUT2D eigenvalue weighted by atomic mass is 19.1. The molecule has 0 aromatic heterocycles. The Kier molecular flexibility index (Phi) is 4.03. The second kappa shape index (κ2) is 5.74. The number of hydrogen-bond acceptors (Lipinski definition) is 3. The monoisotopic (exact) mass is 274 g/mol. The van der Waals surface area contributed by atoms with Gasteiger partial charge in [0.05, 0.1) is 19.8 Å². The normalized spacial score (nSPS) is 10.2. The molecule has 0 radical (unpaired) electrons. The molecule has 0 bridgehead atoms. The zero-order valence-electron chi connectivity index (χ0n) is 11.6. The summed E-state index contributed by atoms with van der Waals surface area (Å²) in [6, 6.07) is 9.52. The van der Waals surface area contributed by atoms with Crippen LogP contribution in [-0.4, -0.2) is 20.0 Å². The van der Waals surface area contributed by atoms with Gasteiger partial charge in [-0.3, -0.25) is 4.79 Å². The Balaban J connectivity index is 2.46. The van der Waals surface area contributed by atoms with Crippen molar-refractivity contribution in [1.29, 1.82) is 0 Å². The van der Waals surface area contributed by atoms with Gasteiger partial charge in [0, 0.05) is 5.56 Å². The van der Waals surface area contributed by atoms with E-state index in [1.807, 2.05) is 0 Å². The fourth-order valence-electron chi connectivity index (χ4n) is 1.96. The van der Waals surface area contributed by atoms with E-state index < -0.39 is 5.82 Å². The van der Waals surface area contributed by atoms with Crippen molar-refractivity contribution >= 4 is 5.78 Å². The summed E-state index contributed by atoms with van der Waals surface area (Å²) in [5.41, 5.74) is 0.848. The van der Waals surface area contributed by atoms with Crippen molar-refractivity contribution in [2.75, 3.05) is 14.2 Å². The summed E-state index contributed by atoms with van der Waals surface area (Å²) in [5, 5.41) is 0. The van der Waals surface area contributed by atoms with Gasteiger partial charge < -0.3 is 9.47 Å². The van der Waals surface area contributed by atoms with Crippen molar-refractivity contribution in [1.82, 2.24) is 0 Å². The van der Waals surface area contributed by atoms with Crippen LogP contribution in [0.4, 0.5) is 4.39 Å². The summed E-state index contributed by atoms with van der Waals surface area (Å²) in [5.74, 6) is 0.0830. The predicted octanol–water partition coefficient (Wildman–Crippen LogP) is 3.38. The third kappa shape index (κ3) is 2.50. The Morgan fingerprint density at radius 3 is 2.40 bits per heavy atom. The van der Waals surface area contributed by atoms with Crippen LogP contribution in [0.15, 0.2) is 36.4 Å². The molecule has 2 aromatic carbocycles. The Morgan fingerprint density at radius 1 is 1.05 bits per heavy atom. The Labute approximate surface area is 117 Å². The number of carbonyl (C=O) groups is 1. The highest BCUT2D eigenvalue weighted by Gasteiger charge is 2.17. The first-order valence-corrected chi connectivity index (χ1v) is 6.10. The molecule has 20 heavy (non-hydrogen) atoms. The molecule has 0 amide bonds. The van der Waals surface area contributed by atoms with Crippen molar-refractivity contribution in [3.05, 3.63) is 58.9 Å². The van der Waals surface area contributed by atoms with Gasteiger partial charge in [-0.05, 0) is 36.8 Å². The smallest absolute Gasteiger partial charge is 0.196 e. The molecule has 0 spiro atoms. The number of hydrogen-bond donors (Lipinski definition) is 0. The van der Waals surface area contributed by atoms with Crippen LogP contribution in [0.2, 0.25) is 0 Å². The van der Waals surface area contributed by atoms with E-state index in [4.69, 9.17) is 9.47 Å². The van der Waals surface area contributed by atoms with Crippen molar-refractivity contribution < 1.29 is 18.7 Å². The Hall–Kier alpha value is -2.36. The van der Waals surface area contributed by atoms with Crippen LogP contribution in [-0.2, 0) is 0 Å². The third-order valence-corrected chi connectivity index (χ3v) is 3.08. The summed E-state index contributed by atoms with van der Waals surface area (Å²) >= 11 is 0. The van der Waals surface area contributed by atoms with Gasteiger partial charge in [-0.15, -0.1) is 0 Å². The molecule has 0 atom stereocenters. The number of ketones is 1. The summed E-state index contributed by atoms with van der Waals surface area (Å²) in [6.45, 7) is 1.63. The molecular formula is C16H15FO3. The quantitative estimate of drug-likeness (QED) is 0.802. The second-order valence-electron chi connectivity index (χ2n) is 4.34. The standard InChI is InChI=1S/C16H15FO3/c1-10-5-4-6-12(15(10)17)16(18)11-7-8-13(19-2)14(9-11)20-3/h4-9H,1-3H3. The molecule has 0 unspecified atom stereocenters. The maximum absolute atomic E-state index is 14.0. The first kappa shape index (κ1) is 14.1. The lowest BCUT2D eigenvalue weighted by Gasteiger charge is -2.10. The number of rotatable bonds is 4. The molecule has 0 aliphatic heterocycles. The zero-order chi connectivity index (χ0) is 14.7. The number of aryl methyl sites for hydroxylation is 1. The van der Waals surface area contributed by atoms with Gasteiger partial charge in [0.2, 0.25) is 0 Å². The molecule has 4 heteroatoms. The fraction of sp³-hybridized carbons (Fsp3) is 0.188. The van der Waals surface area contributed by atoms with Crippen molar-refractivity contribution in [3.63, 3.8) is 0 Å². The summed E-state index contributed by atoms with van der Waals surface area (Å²) < 4.78 is 24.2. The van der Waals surface area contributed by atoms with Gasteiger partial charge in [-0.1, -0.05) is 12.1 Å². The minimum atomic E-state index is -0.493. The average Bonchev–Trinajstić information content (AvgIpc) is 2.48. The van der Waals surface area contributed by atoms with E-state index in [0.717, 1.165) is 0 Å². The van der Waals surface area contributed by atoms with Crippen LogP contribution in [0, 0.1) is 12.7 Å². The molecule has 0 N–H and O–H groups in total. The van der Waals surface area contributed by atoms with Crippen molar-refractivity contribution in [3.8, 4) is 11.5 Å². The maximum Gasteiger partial charge on any atom is 0.196 e. The maximum atomic E-state index is 14.0. The van der Waals surface area contributed by atoms with E-state index in [0.29, 0.717) is 22.6 Å². The van der Waals surface area contributed by atoms with Gasteiger partial charge in [-0.2, -0.15) is 0 Å². The highest BCUT2D eigenvalue weighted by Crippen LogP contribution is 2.29. The molecule has 0 heterocycles. The lowest BCUT2D eigenvalue weighted by molar-refractivity contribution is 0.103. The summed E-state index contributed by atoms with van der Waals surface area (Å²) in [7, 11) is 3.00. The lowest BCUT2D eigenvalue weighted by Crippen LogP contribution is -2.06. The van der Waals surface area contributed by atoms with Crippen LogP contribution in [0.25, 0.3) is 0 Å². The van der Waals surface area contributed by atoms with Gasteiger partial charge in [0.15, 0.2) is 17.3 Å². The summed E-state index contributed by atoms with van der Waals surface area (Å²) in [4.78, 5) is 12.4. The molecule has 0 aliphatic rings. The molecule has 0 fully saturated rings. The Bertz CT molecular complexity index is 650. The lowest BCUT2D eigenvalue weighted by atomic mass is 10.0. The van der Waals surface area contributed by atoms with Crippen LogP contribution < -0.4 is 9.47 Å². The van der Waals surface area contributed by atoms with Crippen LogP contribution in [0.5, 0.6) is 11.5 Å². The van der Waals surface area contributed by atoms with Gasteiger partial charge in [-0.25, -0.2) is 4.39 Å². The minimum absolute atomic E-state index is 0.0530. The van der Waals surface area contributed by atoms with Gasteiger partial charge >= 0.3 is 0 Å². The third-order valence-electron chi connectivity index (χ3n) is 3.08. The molecule has 0 saturated heterocycles. The molecule has 2 aromatic rings. The first-order chi connectivity index (χ1) is 9.58.